The zero-order chi connectivity index (χ0) is 22.5. The van der Waals surface area contributed by atoms with Gasteiger partial charge in [-0.2, -0.15) is 0 Å². The highest BCUT2D eigenvalue weighted by atomic mass is 16.5. The van der Waals surface area contributed by atoms with Crippen LogP contribution in [0.25, 0.3) is 11.1 Å². The Kier molecular flexibility index (Phi) is 6.69. The second kappa shape index (κ2) is 9.81. The van der Waals surface area contributed by atoms with E-state index in [0.717, 1.165) is 47.7 Å². The fourth-order valence-corrected chi connectivity index (χ4v) is 4.25. The van der Waals surface area contributed by atoms with E-state index in [1.165, 1.54) is 0 Å². The summed E-state index contributed by atoms with van der Waals surface area (Å²) in [5.41, 5.74) is 4.72. The lowest BCUT2D eigenvalue weighted by Gasteiger charge is -2.33. The molecule has 0 unspecified atom stereocenters. The van der Waals surface area contributed by atoms with E-state index in [4.69, 9.17) is 14.5 Å². The van der Waals surface area contributed by atoms with Gasteiger partial charge in [-0.15, -0.1) is 0 Å². The molecule has 1 aromatic carbocycles. The lowest BCUT2D eigenvalue weighted by molar-refractivity contribution is 0.0700. The molecule has 1 saturated heterocycles. The molecule has 166 valence electrons. The van der Waals surface area contributed by atoms with Gasteiger partial charge in [0.15, 0.2) is 0 Å². The Hall–Kier alpha value is -3.41. The predicted octanol–water partition coefficient (Wildman–Crippen LogP) is 4.88. The van der Waals surface area contributed by atoms with Crippen molar-refractivity contribution in [3.05, 3.63) is 71.7 Å². The topological polar surface area (TPSA) is 64.5 Å². The highest BCUT2D eigenvalue weighted by molar-refractivity contribution is 5.96. The van der Waals surface area contributed by atoms with Crippen LogP contribution in [-0.2, 0) is 0 Å². The van der Waals surface area contributed by atoms with Gasteiger partial charge in [-0.05, 0) is 74.2 Å². The minimum Gasteiger partial charge on any atom is -0.497 e. The maximum atomic E-state index is 13.3. The van der Waals surface area contributed by atoms with Gasteiger partial charge in [0.1, 0.15) is 11.3 Å². The minimum absolute atomic E-state index is 0.0353. The molecule has 1 atom stereocenters. The number of hydrogen-bond acceptors (Lipinski definition) is 5. The number of piperidine rings is 1. The Morgan fingerprint density at radius 2 is 2.03 bits per heavy atom. The number of amides is 1. The van der Waals surface area contributed by atoms with Gasteiger partial charge in [0.25, 0.3) is 5.91 Å². The summed E-state index contributed by atoms with van der Waals surface area (Å²) in [5, 5.41) is 0. The second-order valence-electron chi connectivity index (χ2n) is 8.03. The number of pyridine rings is 2. The molecule has 6 nitrogen and oxygen atoms in total. The second-order valence-corrected chi connectivity index (χ2v) is 8.03. The number of methoxy groups -OCH3 is 1. The standard InChI is InChI=1S/C26H29N3O3/c1-4-32-25-23(11-6-12-27-25)26(30)29-13-7-9-20(17-29)24-16-21(14-18(2)28-24)19-8-5-10-22(15-19)31-3/h5-6,8,10-12,14-16,20H,4,7,9,13,17H2,1-3H3/t20-/m1/s1. The molecule has 3 aromatic rings. The molecule has 0 spiro atoms. The molecule has 0 N–H and O–H groups in total. The summed E-state index contributed by atoms with van der Waals surface area (Å²) in [7, 11) is 1.68. The lowest BCUT2D eigenvalue weighted by Crippen LogP contribution is -2.39. The van der Waals surface area contributed by atoms with Crippen molar-refractivity contribution in [2.45, 2.75) is 32.6 Å². The Labute approximate surface area is 189 Å². The lowest BCUT2D eigenvalue weighted by atomic mass is 9.92. The van der Waals surface area contributed by atoms with Crippen molar-refractivity contribution in [2.75, 3.05) is 26.8 Å². The molecule has 0 saturated carbocycles. The van der Waals surface area contributed by atoms with Gasteiger partial charge in [0.05, 0.1) is 13.7 Å². The molecule has 1 fully saturated rings. The number of ether oxygens (including phenoxy) is 2. The number of nitrogens with zero attached hydrogens (tertiary/aromatic N) is 3. The van der Waals surface area contributed by atoms with Crippen LogP contribution in [0.15, 0.2) is 54.7 Å². The molecular weight excluding hydrogens is 402 g/mol. The summed E-state index contributed by atoms with van der Waals surface area (Å²) < 4.78 is 11.0. The summed E-state index contributed by atoms with van der Waals surface area (Å²) in [6.45, 7) is 5.74. The summed E-state index contributed by atoms with van der Waals surface area (Å²) in [5.74, 6) is 1.38. The number of carbonyl (C=O) groups is 1. The van der Waals surface area contributed by atoms with Crippen molar-refractivity contribution in [3.8, 4) is 22.8 Å². The molecule has 0 radical (unpaired) electrons. The van der Waals surface area contributed by atoms with Crippen LogP contribution in [0.3, 0.4) is 0 Å². The number of likely N-dealkylation sites (tertiary alicyclic amines) is 1. The number of benzene rings is 1. The number of rotatable bonds is 6. The molecule has 0 bridgehead atoms. The van der Waals surface area contributed by atoms with E-state index >= 15 is 0 Å². The normalized spacial score (nSPS) is 16.0. The quantitative estimate of drug-likeness (QED) is 0.557. The maximum Gasteiger partial charge on any atom is 0.259 e. The van der Waals surface area contributed by atoms with E-state index < -0.39 is 0 Å². The first-order chi connectivity index (χ1) is 15.6. The summed E-state index contributed by atoms with van der Waals surface area (Å²) in [4.78, 5) is 24.2. The average Bonchev–Trinajstić information content (AvgIpc) is 2.84. The fraction of sp³-hybridized carbons (Fsp3) is 0.346. The van der Waals surface area contributed by atoms with Gasteiger partial charge >= 0.3 is 0 Å². The zero-order valence-corrected chi connectivity index (χ0v) is 18.9. The number of aromatic nitrogens is 2. The molecule has 1 amide bonds. The van der Waals surface area contributed by atoms with E-state index in [0.29, 0.717) is 24.6 Å². The molecule has 3 heterocycles. The summed E-state index contributed by atoms with van der Waals surface area (Å²) in [6, 6.07) is 15.9. The smallest absolute Gasteiger partial charge is 0.259 e. The Morgan fingerprint density at radius 1 is 1.16 bits per heavy atom. The molecule has 2 aromatic heterocycles. The van der Waals surface area contributed by atoms with Crippen LogP contribution in [0.1, 0.15) is 47.4 Å². The molecule has 1 aliphatic rings. The maximum absolute atomic E-state index is 13.3. The van der Waals surface area contributed by atoms with Crippen molar-refractivity contribution in [1.29, 1.82) is 0 Å². The largest absolute Gasteiger partial charge is 0.497 e. The third-order valence-electron chi connectivity index (χ3n) is 5.79. The van der Waals surface area contributed by atoms with Gasteiger partial charge in [-0.3, -0.25) is 9.78 Å². The van der Waals surface area contributed by atoms with Crippen molar-refractivity contribution in [1.82, 2.24) is 14.9 Å². The highest BCUT2D eigenvalue weighted by Crippen LogP contribution is 2.32. The van der Waals surface area contributed by atoms with Crippen molar-refractivity contribution < 1.29 is 14.3 Å². The Balaban J connectivity index is 1.58. The first-order valence-electron chi connectivity index (χ1n) is 11.1. The number of carbonyl (C=O) groups excluding carboxylic acids is 1. The molecule has 32 heavy (non-hydrogen) atoms. The number of aryl methyl sites for hydroxylation is 1. The summed E-state index contributed by atoms with van der Waals surface area (Å²) in [6.07, 6.45) is 3.59. The SMILES string of the molecule is CCOc1ncccc1C(=O)N1CCC[C@@H](c2cc(-c3cccc(OC)c3)cc(C)n2)C1. The average molecular weight is 432 g/mol. The van der Waals surface area contributed by atoms with Crippen LogP contribution in [0.4, 0.5) is 0 Å². The molecule has 6 heteroatoms. The Bertz CT molecular complexity index is 1100. The van der Waals surface area contributed by atoms with Crippen LogP contribution >= 0.6 is 0 Å². The van der Waals surface area contributed by atoms with E-state index in [1.807, 2.05) is 36.9 Å². The first-order valence-corrected chi connectivity index (χ1v) is 11.1. The highest BCUT2D eigenvalue weighted by Gasteiger charge is 2.28. The van der Waals surface area contributed by atoms with Gasteiger partial charge in [0.2, 0.25) is 5.88 Å². The zero-order valence-electron chi connectivity index (χ0n) is 18.9. The van der Waals surface area contributed by atoms with Crippen molar-refractivity contribution in [2.24, 2.45) is 0 Å². The van der Waals surface area contributed by atoms with Gasteiger partial charge in [0, 0.05) is 36.6 Å². The van der Waals surface area contributed by atoms with Crippen LogP contribution in [0, 0.1) is 6.92 Å². The fourth-order valence-electron chi connectivity index (χ4n) is 4.25. The molecular formula is C26H29N3O3. The number of hydrogen-bond donors (Lipinski definition) is 0. The van der Waals surface area contributed by atoms with E-state index in [9.17, 15) is 4.79 Å². The van der Waals surface area contributed by atoms with Crippen LogP contribution in [-0.4, -0.2) is 47.6 Å². The monoisotopic (exact) mass is 431 g/mol. The minimum atomic E-state index is -0.0353. The predicted molar refractivity (Wildman–Crippen MR) is 124 cm³/mol. The Morgan fingerprint density at radius 3 is 2.84 bits per heavy atom. The molecule has 1 aliphatic heterocycles. The van der Waals surface area contributed by atoms with Gasteiger partial charge in [-0.25, -0.2) is 4.98 Å². The van der Waals surface area contributed by atoms with E-state index in [1.54, 1.807) is 25.4 Å². The van der Waals surface area contributed by atoms with Crippen LogP contribution < -0.4 is 9.47 Å². The van der Waals surface area contributed by atoms with Crippen LogP contribution in [0.5, 0.6) is 11.6 Å². The van der Waals surface area contributed by atoms with Gasteiger partial charge in [-0.1, -0.05) is 12.1 Å². The van der Waals surface area contributed by atoms with Crippen molar-refractivity contribution in [3.63, 3.8) is 0 Å². The van der Waals surface area contributed by atoms with E-state index in [2.05, 4.69) is 23.2 Å². The van der Waals surface area contributed by atoms with Crippen LogP contribution in [0.2, 0.25) is 0 Å². The van der Waals surface area contributed by atoms with E-state index in [-0.39, 0.29) is 11.8 Å². The third-order valence-corrected chi connectivity index (χ3v) is 5.79. The van der Waals surface area contributed by atoms with Gasteiger partial charge < -0.3 is 14.4 Å². The van der Waals surface area contributed by atoms with Crippen molar-refractivity contribution >= 4 is 5.91 Å². The first kappa shape index (κ1) is 21.8. The summed E-state index contributed by atoms with van der Waals surface area (Å²) >= 11 is 0. The molecule has 0 aliphatic carbocycles. The third kappa shape index (κ3) is 4.74. The molecule has 4 rings (SSSR count).